The van der Waals surface area contributed by atoms with Crippen LogP contribution in [-0.2, 0) is 4.79 Å². The number of allylic oxidation sites excluding steroid dienone is 1. The highest BCUT2D eigenvalue weighted by molar-refractivity contribution is 5.91. The average Bonchev–Trinajstić information content (AvgIpc) is 2.04. The molecule has 0 unspecified atom stereocenters. The Balaban J connectivity index is 4.57. The summed E-state index contributed by atoms with van der Waals surface area (Å²) in [5.41, 5.74) is 6.95. The number of rotatable bonds is 5. The quantitative estimate of drug-likeness (QED) is 0.658. The zero-order valence-electron chi connectivity index (χ0n) is 9.05. The minimum absolute atomic E-state index is 0.320. The molecule has 13 heavy (non-hydrogen) atoms. The smallest absolute Gasteiger partial charge is 0.246 e. The van der Waals surface area contributed by atoms with E-state index < -0.39 is 0 Å². The standard InChI is InChI=1S/C10H20N2O/c1-5-6-7-9(12(3)4)8(2)10(11)13/h5-7H2,1-4H3,(H2,11,13)/b9-8+. The SMILES string of the molecule is CCCC/C(=C(/C)C(N)=O)N(C)C. The molecule has 0 saturated heterocycles. The van der Waals surface area contributed by atoms with Gasteiger partial charge in [-0.3, -0.25) is 4.79 Å². The number of unbranched alkanes of at least 4 members (excludes halogenated alkanes) is 1. The lowest BCUT2D eigenvalue weighted by Crippen LogP contribution is -2.20. The largest absolute Gasteiger partial charge is 0.381 e. The van der Waals surface area contributed by atoms with Crippen LogP contribution in [0.5, 0.6) is 0 Å². The molecule has 0 aromatic heterocycles. The highest BCUT2D eigenvalue weighted by Crippen LogP contribution is 2.14. The van der Waals surface area contributed by atoms with Crippen molar-refractivity contribution in [2.75, 3.05) is 14.1 Å². The Morgan fingerprint density at radius 3 is 2.23 bits per heavy atom. The van der Waals surface area contributed by atoms with Gasteiger partial charge in [-0.15, -0.1) is 0 Å². The maximum absolute atomic E-state index is 10.9. The zero-order valence-corrected chi connectivity index (χ0v) is 9.05. The van der Waals surface area contributed by atoms with Crippen LogP contribution in [0.15, 0.2) is 11.3 Å². The molecule has 0 aromatic rings. The summed E-state index contributed by atoms with van der Waals surface area (Å²) in [6.45, 7) is 3.92. The van der Waals surface area contributed by atoms with Crippen molar-refractivity contribution in [3.8, 4) is 0 Å². The van der Waals surface area contributed by atoms with E-state index in [-0.39, 0.29) is 5.91 Å². The summed E-state index contributed by atoms with van der Waals surface area (Å²) in [6.07, 6.45) is 3.15. The number of hydrogen-bond acceptors (Lipinski definition) is 2. The van der Waals surface area contributed by atoms with Crippen LogP contribution in [0.2, 0.25) is 0 Å². The monoisotopic (exact) mass is 184 g/mol. The van der Waals surface area contributed by atoms with Gasteiger partial charge in [-0.2, -0.15) is 0 Å². The van der Waals surface area contributed by atoms with E-state index in [0.29, 0.717) is 5.57 Å². The van der Waals surface area contributed by atoms with E-state index in [4.69, 9.17) is 5.73 Å². The molecule has 76 valence electrons. The molecule has 0 aromatic carbocycles. The number of amides is 1. The summed E-state index contributed by atoms with van der Waals surface area (Å²) < 4.78 is 0. The third-order valence-electron chi connectivity index (χ3n) is 2.11. The molecule has 2 N–H and O–H groups in total. The lowest BCUT2D eigenvalue weighted by atomic mass is 10.1. The van der Waals surface area contributed by atoms with Gasteiger partial charge in [0.05, 0.1) is 0 Å². The van der Waals surface area contributed by atoms with Crippen molar-refractivity contribution in [3.63, 3.8) is 0 Å². The molecule has 0 bridgehead atoms. The molecule has 0 saturated carbocycles. The molecule has 3 nitrogen and oxygen atoms in total. The minimum atomic E-state index is -0.320. The number of primary amides is 1. The molecule has 1 amide bonds. The fourth-order valence-electron chi connectivity index (χ4n) is 1.23. The van der Waals surface area contributed by atoms with Crippen molar-refractivity contribution in [2.45, 2.75) is 33.1 Å². The maximum Gasteiger partial charge on any atom is 0.246 e. The van der Waals surface area contributed by atoms with E-state index in [9.17, 15) is 4.79 Å². The van der Waals surface area contributed by atoms with Gasteiger partial charge in [-0.25, -0.2) is 0 Å². The van der Waals surface area contributed by atoms with Crippen molar-refractivity contribution in [1.82, 2.24) is 4.90 Å². The van der Waals surface area contributed by atoms with Crippen molar-refractivity contribution in [2.24, 2.45) is 5.73 Å². The van der Waals surface area contributed by atoms with Crippen molar-refractivity contribution in [1.29, 1.82) is 0 Å². The van der Waals surface area contributed by atoms with Crippen LogP contribution >= 0.6 is 0 Å². The lowest BCUT2D eigenvalue weighted by Gasteiger charge is -2.19. The summed E-state index contributed by atoms with van der Waals surface area (Å²) in [5, 5.41) is 0. The Morgan fingerprint density at radius 2 is 1.92 bits per heavy atom. The van der Waals surface area contributed by atoms with Crippen LogP contribution < -0.4 is 5.73 Å². The third kappa shape index (κ3) is 3.97. The Kier molecular flexibility index (Phi) is 5.19. The van der Waals surface area contributed by atoms with Crippen molar-refractivity contribution in [3.05, 3.63) is 11.3 Å². The van der Waals surface area contributed by atoms with Gasteiger partial charge in [-0.05, 0) is 19.8 Å². The number of nitrogens with two attached hydrogens (primary N) is 1. The first-order valence-corrected chi connectivity index (χ1v) is 4.67. The second-order valence-electron chi connectivity index (χ2n) is 3.43. The van der Waals surface area contributed by atoms with E-state index in [0.717, 1.165) is 25.0 Å². The molecule has 3 heteroatoms. The normalized spacial score (nSPS) is 12.3. The summed E-state index contributed by atoms with van der Waals surface area (Å²) >= 11 is 0. The van der Waals surface area contributed by atoms with Gasteiger partial charge in [0.2, 0.25) is 5.91 Å². The summed E-state index contributed by atoms with van der Waals surface area (Å²) in [4.78, 5) is 12.9. The van der Waals surface area contributed by atoms with Crippen LogP contribution in [-0.4, -0.2) is 24.9 Å². The number of nitrogens with zero attached hydrogens (tertiary/aromatic N) is 1. The van der Waals surface area contributed by atoms with E-state index in [1.165, 1.54) is 0 Å². The lowest BCUT2D eigenvalue weighted by molar-refractivity contribution is -0.114. The molecule has 0 atom stereocenters. The van der Waals surface area contributed by atoms with E-state index in [1.54, 1.807) is 6.92 Å². The molecular weight excluding hydrogens is 164 g/mol. The Labute approximate surface area is 80.6 Å². The zero-order chi connectivity index (χ0) is 10.4. The molecule has 0 aliphatic heterocycles. The van der Waals surface area contributed by atoms with Crippen LogP contribution in [0.4, 0.5) is 0 Å². The van der Waals surface area contributed by atoms with Gasteiger partial charge in [0.15, 0.2) is 0 Å². The number of carbonyl (C=O) groups excluding carboxylic acids is 1. The topological polar surface area (TPSA) is 46.3 Å². The van der Waals surface area contributed by atoms with Crippen LogP contribution in [0.1, 0.15) is 33.1 Å². The minimum Gasteiger partial charge on any atom is -0.381 e. The Morgan fingerprint density at radius 1 is 1.38 bits per heavy atom. The van der Waals surface area contributed by atoms with Gasteiger partial charge in [0.25, 0.3) is 0 Å². The van der Waals surface area contributed by atoms with E-state index in [1.807, 2.05) is 19.0 Å². The second-order valence-corrected chi connectivity index (χ2v) is 3.43. The van der Waals surface area contributed by atoms with Gasteiger partial charge in [0.1, 0.15) is 0 Å². The fourth-order valence-corrected chi connectivity index (χ4v) is 1.23. The molecule has 0 fully saturated rings. The molecular formula is C10H20N2O. The average molecular weight is 184 g/mol. The van der Waals surface area contributed by atoms with Crippen LogP contribution in [0, 0.1) is 0 Å². The summed E-state index contributed by atoms with van der Waals surface area (Å²) in [6, 6.07) is 0. The number of carbonyl (C=O) groups is 1. The number of hydrogen-bond donors (Lipinski definition) is 1. The fraction of sp³-hybridized carbons (Fsp3) is 0.700. The predicted molar refractivity (Wildman–Crippen MR) is 55.1 cm³/mol. The Hall–Kier alpha value is -0.990. The molecule has 0 aliphatic carbocycles. The second kappa shape index (κ2) is 5.62. The first-order chi connectivity index (χ1) is 6.00. The molecule has 0 radical (unpaired) electrons. The van der Waals surface area contributed by atoms with Crippen LogP contribution in [0.25, 0.3) is 0 Å². The molecule has 0 spiro atoms. The summed E-state index contributed by atoms with van der Waals surface area (Å²) in [5.74, 6) is -0.320. The van der Waals surface area contributed by atoms with Crippen LogP contribution in [0.3, 0.4) is 0 Å². The highest BCUT2D eigenvalue weighted by atomic mass is 16.1. The first kappa shape index (κ1) is 12.0. The first-order valence-electron chi connectivity index (χ1n) is 4.67. The van der Waals surface area contributed by atoms with Crippen molar-refractivity contribution >= 4 is 5.91 Å². The third-order valence-corrected chi connectivity index (χ3v) is 2.11. The Bertz CT molecular complexity index is 207. The molecule has 0 aliphatic rings. The van der Waals surface area contributed by atoms with Gasteiger partial charge >= 0.3 is 0 Å². The van der Waals surface area contributed by atoms with Gasteiger partial charge in [0, 0.05) is 25.4 Å². The van der Waals surface area contributed by atoms with Gasteiger partial charge < -0.3 is 10.6 Å². The predicted octanol–water partition coefficient (Wildman–Crippen LogP) is 1.50. The van der Waals surface area contributed by atoms with E-state index >= 15 is 0 Å². The molecule has 0 rings (SSSR count). The van der Waals surface area contributed by atoms with E-state index in [2.05, 4.69) is 6.92 Å². The van der Waals surface area contributed by atoms with Gasteiger partial charge in [-0.1, -0.05) is 13.3 Å². The van der Waals surface area contributed by atoms with Crippen molar-refractivity contribution < 1.29 is 4.79 Å². The molecule has 0 heterocycles. The maximum atomic E-state index is 10.9. The highest BCUT2D eigenvalue weighted by Gasteiger charge is 2.08. The summed E-state index contributed by atoms with van der Waals surface area (Å²) in [7, 11) is 3.88.